The molecule has 0 amide bonds. The van der Waals surface area contributed by atoms with Crippen molar-refractivity contribution < 1.29 is 0 Å². The van der Waals surface area contributed by atoms with Gasteiger partial charge in [-0.1, -0.05) is 89.2 Å². The van der Waals surface area contributed by atoms with Gasteiger partial charge in [0, 0.05) is 0 Å². The standard InChI is InChI=1S/C20H40/c1-5-7-9-11-13-15-17-19(3)20(4)18-16-14-12-10-8-6-2/h5-18H2,1-4H3/b20-19-. The van der Waals surface area contributed by atoms with Gasteiger partial charge in [-0.3, -0.25) is 0 Å². The van der Waals surface area contributed by atoms with E-state index in [1.54, 1.807) is 11.1 Å². The lowest BCUT2D eigenvalue weighted by molar-refractivity contribution is 0.597. The summed E-state index contributed by atoms with van der Waals surface area (Å²) in [6, 6.07) is 0. The molecule has 0 saturated heterocycles. The maximum atomic E-state index is 2.36. The minimum Gasteiger partial charge on any atom is -0.0744 e. The lowest BCUT2D eigenvalue weighted by Gasteiger charge is -2.08. The lowest BCUT2D eigenvalue weighted by Crippen LogP contribution is -1.88. The van der Waals surface area contributed by atoms with Crippen molar-refractivity contribution >= 4 is 0 Å². The predicted molar refractivity (Wildman–Crippen MR) is 94.4 cm³/mol. The highest BCUT2D eigenvalue weighted by Crippen LogP contribution is 2.19. The summed E-state index contributed by atoms with van der Waals surface area (Å²) in [5, 5.41) is 0. The van der Waals surface area contributed by atoms with E-state index in [2.05, 4.69) is 27.7 Å². The first-order chi connectivity index (χ1) is 9.72. The second-order valence-corrected chi connectivity index (χ2v) is 6.60. The molecule has 0 radical (unpaired) electrons. The van der Waals surface area contributed by atoms with E-state index >= 15 is 0 Å². The van der Waals surface area contributed by atoms with Gasteiger partial charge in [-0.15, -0.1) is 0 Å². The Hall–Kier alpha value is -0.260. The van der Waals surface area contributed by atoms with Crippen LogP contribution < -0.4 is 0 Å². The second-order valence-electron chi connectivity index (χ2n) is 6.60. The molecule has 0 aromatic rings. The molecule has 0 N–H and O–H groups in total. The van der Waals surface area contributed by atoms with Crippen LogP contribution in [-0.2, 0) is 0 Å². The maximum Gasteiger partial charge on any atom is -0.0320 e. The van der Waals surface area contributed by atoms with Crippen LogP contribution in [0.5, 0.6) is 0 Å². The van der Waals surface area contributed by atoms with Gasteiger partial charge < -0.3 is 0 Å². The summed E-state index contributed by atoms with van der Waals surface area (Å²) in [7, 11) is 0. The van der Waals surface area contributed by atoms with Gasteiger partial charge >= 0.3 is 0 Å². The van der Waals surface area contributed by atoms with E-state index in [0.717, 1.165) is 0 Å². The number of allylic oxidation sites excluding steroid dienone is 2. The molecule has 0 fully saturated rings. The van der Waals surface area contributed by atoms with Crippen molar-refractivity contribution in [2.75, 3.05) is 0 Å². The van der Waals surface area contributed by atoms with Crippen molar-refractivity contribution in [3.63, 3.8) is 0 Å². The number of hydrogen-bond acceptors (Lipinski definition) is 0. The Kier molecular flexibility index (Phi) is 14.9. The molecule has 0 heterocycles. The molecule has 0 aliphatic heterocycles. The van der Waals surface area contributed by atoms with Gasteiger partial charge in [0.25, 0.3) is 0 Å². The Morgan fingerprint density at radius 1 is 0.450 bits per heavy atom. The maximum absolute atomic E-state index is 2.36. The molecule has 0 unspecified atom stereocenters. The highest BCUT2D eigenvalue weighted by molar-refractivity contribution is 5.09. The van der Waals surface area contributed by atoms with Crippen molar-refractivity contribution in [1.82, 2.24) is 0 Å². The van der Waals surface area contributed by atoms with E-state index in [0.29, 0.717) is 0 Å². The van der Waals surface area contributed by atoms with Crippen LogP contribution in [0.1, 0.15) is 118 Å². The SMILES string of the molecule is CCCCCCCC/C(C)=C(/C)CCCCCCCC. The number of hydrogen-bond donors (Lipinski definition) is 0. The van der Waals surface area contributed by atoms with Crippen LogP contribution in [0.2, 0.25) is 0 Å². The third kappa shape index (κ3) is 12.8. The minimum atomic E-state index is 1.34. The van der Waals surface area contributed by atoms with E-state index in [-0.39, 0.29) is 0 Å². The van der Waals surface area contributed by atoms with Gasteiger partial charge in [0.15, 0.2) is 0 Å². The summed E-state index contributed by atoms with van der Waals surface area (Å²) in [5.41, 5.74) is 3.35. The van der Waals surface area contributed by atoms with Gasteiger partial charge in [0.1, 0.15) is 0 Å². The van der Waals surface area contributed by atoms with Crippen LogP contribution in [0.15, 0.2) is 11.1 Å². The summed E-state index contributed by atoms with van der Waals surface area (Å²) >= 11 is 0. The molecule has 0 aliphatic carbocycles. The third-order valence-electron chi connectivity index (χ3n) is 4.54. The summed E-state index contributed by atoms with van der Waals surface area (Å²) in [6.07, 6.45) is 19.7. The van der Waals surface area contributed by atoms with Crippen molar-refractivity contribution in [2.24, 2.45) is 0 Å². The van der Waals surface area contributed by atoms with Crippen LogP contribution in [-0.4, -0.2) is 0 Å². The zero-order valence-electron chi connectivity index (χ0n) is 14.9. The summed E-state index contributed by atoms with van der Waals surface area (Å²) in [6.45, 7) is 9.30. The second kappa shape index (κ2) is 15.1. The van der Waals surface area contributed by atoms with Gasteiger partial charge in [-0.2, -0.15) is 0 Å². The zero-order valence-corrected chi connectivity index (χ0v) is 14.9. The van der Waals surface area contributed by atoms with E-state index < -0.39 is 0 Å². The number of unbranched alkanes of at least 4 members (excludes halogenated alkanes) is 10. The van der Waals surface area contributed by atoms with Crippen LogP contribution in [0.25, 0.3) is 0 Å². The Labute approximate surface area is 129 Å². The molecular formula is C20H40. The molecule has 0 aromatic heterocycles. The molecule has 0 nitrogen and oxygen atoms in total. The smallest absolute Gasteiger partial charge is 0.0320 e. The topological polar surface area (TPSA) is 0 Å². The summed E-state index contributed by atoms with van der Waals surface area (Å²) < 4.78 is 0. The normalized spacial score (nSPS) is 12.6. The molecule has 0 aliphatic rings. The van der Waals surface area contributed by atoms with E-state index in [1.807, 2.05) is 0 Å². The molecule has 0 heteroatoms. The van der Waals surface area contributed by atoms with Crippen LogP contribution in [0, 0.1) is 0 Å². The minimum absolute atomic E-state index is 1.34. The lowest BCUT2D eigenvalue weighted by atomic mass is 9.98. The van der Waals surface area contributed by atoms with E-state index in [9.17, 15) is 0 Å². The predicted octanol–water partition coefficient (Wildman–Crippen LogP) is 7.82. The molecule has 0 saturated carbocycles. The highest BCUT2D eigenvalue weighted by atomic mass is 14.1. The largest absolute Gasteiger partial charge is 0.0744 e. The Morgan fingerprint density at radius 3 is 1.10 bits per heavy atom. The molecular weight excluding hydrogens is 240 g/mol. The number of rotatable bonds is 14. The Morgan fingerprint density at radius 2 is 0.750 bits per heavy atom. The third-order valence-corrected chi connectivity index (χ3v) is 4.54. The van der Waals surface area contributed by atoms with Crippen LogP contribution in [0.3, 0.4) is 0 Å². The Balaban J connectivity index is 3.52. The quantitative estimate of drug-likeness (QED) is 0.225. The molecule has 0 aromatic carbocycles. The van der Waals surface area contributed by atoms with Gasteiger partial charge in [-0.05, 0) is 39.5 Å². The van der Waals surface area contributed by atoms with Gasteiger partial charge in [0.05, 0.1) is 0 Å². The molecule has 0 atom stereocenters. The first kappa shape index (κ1) is 19.7. The van der Waals surface area contributed by atoms with E-state index in [1.165, 1.54) is 89.9 Å². The molecule has 20 heavy (non-hydrogen) atoms. The zero-order chi connectivity index (χ0) is 15.1. The van der Waals surface area contributed by atoms with Crippen molar-refractivity contribution in [3.05, 3.63) is 11.1 Å². The average molecular weight is 281 g/mol. The fraction of sp³-hybridized carbons (Fsp3) is 0.900. The van der Waals surface area contributed by atoms with Crippen LogP contribution in [0.4, 0.5) is 0 Å². The average Bonchev–Trinajstić information content (AvgIpc) is 2.45. The summed E-state index contributed by atoms with van der Waals surface area (Å²) in [5.74, 6) is 0. The molecule has 0 spiro atoms. The van der Waals surface area contributed by atoms with Crippen molar-refractivity contribution in [3.8, 4) is 0 Å². The fourth-order valence-corrected chi connectivity index (χ4v) is 2.77. The van der Waals surface area contributed by atoms with E-state index in [4.69, 9.17) is 0 Å². The summed E-state index contributed by atoms with van der Waals surface area (Å²) in [4.78, 5) is 0. The monoisotopic (exact) mass is 280 g/mol. The fourth-order valence-electron chi connectivity index (χ4n) is 2.77. The molecule has 0 bridgehead atoms. The van der Waals surface area contributed by atoms with Crippen molar-refractivity contribution in [2.45, 2.75) is 118 Å². The van der Waals surface area contributed by atoms with Crippen molar-refractivity contribution in [1.29, 1.82) is 0 Å². The first-order valence-corrected chi connectivity index (χ1v) is 9.37. The van der Waals surface area contributed by atoms with Crippen LogP contribution >= 0.6 is 0 Å². The Bertz CT molecular complexity index is 200. The highest BCUT2D eigenvalue weighted by Gasteiger charge is 1.99. The van der Waals surface area contributed by atoms with Gasteiger partial charge in [0.2, 0.25) is 0 Å². The molecule has 120 valence electrons. The first-order valence-electron chi connectivity index (χ1n) is 9.37. The molecule has 0 rings (SSSR count). The van der Waals surface area contributed by atoms with Gasteiger partial charge in [-0.25, -0.2) is 0 Å².